The average molecular weight is 274 g/mol. The lowest BCUT2D eigenvalue weighted by atomic mass is 10.2. The zero-order valence-corrected chi connectivity index (χ0v) is 9.98. The van der Waals surface area contributed by atoms with Gasteiger partial charge in [0, 0.05) is 24.7 Å². The van der Waals surface area contributed by atoms with E-state index in [2.05, 4.69) is 4.74 Å². The summed E-state index contributed by atoms with van der Waals surface area (Å²) in [6.07, 6.45) is -4.07. The third kappa shape index (κ3) is 3.60. The summed E-state index contributed by atoms with van der Waals surface area (Å²) in [7, 11) is 0. The highest BCUT2D eigenvalue weighted by atomic mass is 19.4. The van der Waals surface area contributed by atoms with E-state index in [-0.39, 0.29) is 17.5 Å². The minimum absolute atomic E-state index is 0.0708. The van der Waals surface area contributed by atoms with E-state index in [9.17, 15) is 18.0 Å². The number of nitrogens with two attached hydrogens (primary N) is 1. The number of nitrogens with zero attached hydrogens (tertiary/aromatic N) is 1. The Morgan fingerprint density at radius 2 is 2.16 bits per heavy atom. The van der Waals surface area contributed by atoms with Crippen LogP contribution in [0.25, 0.3) is 0 Å². The molecule has 19 heavy (non-hydrogen) atoms. The van der Waals surface area contributed by atoms with Crippen molar-refractivity contribution in [3.8, 4) is 5.75 Å². The van der Waals surface area contributed by atoms with Crippen molar-refractivity contribution >= 4 is 5.91 Å². The van der Waals surface area contributed by atoms with E-state index < -0.39 is 12.1 Å². The van der Waals surface area contributed by atoms with Gasteiger partial charge in [-0.15, -0.1) is 13.2 Å². The zero-order chi connectivity index (χ0) is 14.0. The molecule has 1 atom stereocenters. The van der Waals surface area contributed by atoms with Crippen LogP contribution in [0.2, 0.25) is 0 Å². The normalized spacial score (nSPS) is 19.6. The van der Waals surface area contributed by atoms with Crippen LogP contribution in [-0.4, -0.2) is 36.3 Å². The molecule has 104 valence electrons. The van der Waals surface area contributed by atoms with Gasteiger partial charge in [-0.3, -0.25) is 4.79 Å². The van der Waals surface area contributed by atoms with E-state index in [0.29, 0.717) is 19.5 Å². The molecule has 1 amide bonds. The lowest BCUT2D eigenvalue weighted by molar-refractivity contribution is -0.274. The number of rotatable bonds is 2. The van der Waals surface area contributed by atoms with Crippen LogP contribution in [0, 0.1) is 0 Å². The molecule has 1 aliphatic heterocycles. The van der Waals surface area contributed by atoms with Gasteiger partial charge in [0.15, 0.2) is 0 Å². The molecular weight excluding hydrogens is 261 g/mol. The summed E-state index contributed by atoms with van der Waals surface area (Å²) >= 11 is 0. The van der Waals surface area contributed by atoms with E-state index in [1.165, 1.54) is 17.0 Å². The quantitative estimate of drug-likeness (QED) is 0.894. The Bertz CT molecular complexity index is 476. The number of hydrogen-bond donors (Lipinski definition) is 1. The number of carbonyl (C=O) groups excluding carboxylic acids is 1. The fraction of sp³-hybridized carbons (Fsp3) is 0.417. The second-order valence-electron chi connectivity index (χ2n) is 4.38. The lowest BCUT2D eigenvalue weighted by Crippen LogP contribution is -2.31. The highest BCUT2D eigenvalue weighted by molar-refractivity contribution is 5.94. The van der Waals surface area contributed by atoms with Gasteiger partial charge in [0.1, 0.15) is 5.75 Å². The van der Waals surface area contributed by atoms with Gasteiger partial charge >= 0.3 is 6.36 Å². The fourth-order valence-corrected chi connectivity index (χ4v) is 1.98. The van der Waals surface area contributed by atoms with Crippen molar-refractivity contribution in [2.45, 2.75) is 18.8 Å². The molecule has 0 aliphatic carbocycles. The number of alkyl halides is 3. The second-order valence-corrected chi connectivity index (χ2v) is 4.38. The lowest BCUT2D eigenvalue weighted by Gasteiger charge is -2.16. The summed E-state index contributed by atoms with van der Waals surface area (Å²) in [5.41, 5.74) is 5.85. The van der Waals surface area contributed by atoms with Gasteiger partial charge < -0.3 is 15.4 Å². The first kappa shape index (κ1) is 13.7. The molecule has 0 spiro atoms. The Labute approximate surface area is 107 Å². The molecule has 7 heteroatoms. The number of halogens is 3. The van der Waals surface area contributed by atoms with Gasteiger partial charge in [0.05, 0.1) is 0 Å². The first-order chi connectivity index (χ1) is 8.85. The number of hydrogen-bond acceptors (Lipinski definition) is 3. The molecule has 1 fully saturated rings. The molecule has 1 aromatic rings. The monoisotopic (exact) mass is 274 g/mol. The van der Waals surface area contributed by atoms with Gasteiger partial charge in [0.25, 0.3) is 5.91 Å². The molecule has 1 aliphatic rings. The number of amides is 1. The summed E-state index contributed by atoms with van der Waals surface area (Å²) in [5, 5.41) is 0. The van der Waals surface area contributed by atoms with Crippen LogP contribution in [0.15, 0.2) is 24.3 Å². The Hall–Kier alpha value is -1.76. The first-order valence-corrected chi connectivity index (χ1v) is 5.76. The maximum absolute atomic E-state index is 12.1. The average Bonchev–Trinajstić information content (AvgIpc) is 2.73. The Balaban J connectivity index is 2.12. The van der Waals surface area contributed by atoms with Gasteiger partial charge in [-0.05, 0) is 24.6 Å². The molecule has 2 rings (SSSR count). The molecule has 1 aromatic carbocycles. The summed E-state index contributed by atoms with van der Waals surface area (Å²) in [4.78, 5) is 13.6. The third-order valence-electron chi connectivity index (χ3n) is 2.83. The summed E-state index contributed by atoms with van der Waals surface area (Å²) in [6.45, 7) is 0.938. The van der Waals surface area contributed by atoms with Crippen LogP contribution in [0.3, 0.4) is 0 Å². The van der Waals surface area contributed by atoms with Crippen molar-refractivity contribution in [1.82, 2.24) is 4.90 Å². The summed E-state index contributed by atoms with van der Waals surface area (Å²) in [6, 6.07) is 4.97. The van der Waals surface area contributed by atoms with Crippen molar-refractivity contribution in [2.75, 3.05) is 13.1 Å². The van der Waals surface area contributed by atoms with Crippen molar-refractivity contribution in [1.29, 1.82) is 0 Å². The zero-order valence-electron chi connectivity index (χ0n) is 9.98. The maximum Gasteiger partial charge on any atom is 0.573 e. The van der Waals surface area contributed by atoms with Crippen molar-refractivity contribution in [3.63, 3.8) is 0 Å². The standard InChI is InChI=1S/C12H13F3N2O2/c13-12(14,15)19-10-3-1-2-8(6-10)11(18)17-5-4-9(16)7-17/h1-3,6,9H,4-5,7,16H2. The van der Waals surface area contributed by atoms with Crippen LogP contribution in [0.1, 0.15) is 16.8 Å². The van der Waals surface area contributed by atoms with Crippen LogP contribution >= 0.6 is 0 Å². The van der Waals surface area contributed by atoms with Gasteiger partial charge in [-0.1, -0.05) is 6.07 Å². The van der Waals surface area contributed by atoms with Crippen LogP contribution < -0.4 is 10.5 Å². The summed E-state index contributed by atoms with van der Waals surface area (Å²) < 4.78 is 40.1. The highest BCUT2D eigenvalue weighted by Gasteiger charge is 2.31. The van der Waals surface area contributed by atoms with Crippen LogP contribution in [0.4, 0.5) is 13.2 Å². The Kier molecular flexibility index (Phi) is 3.66. The maximum atomic E-state index is 12.1. The molecule has 0 saturated carbocycles. The van der Waals surface area contributed by atoms with Gasteiger partial charge in [0.2, 0.25) is 0 Å². The second kappa shape index (κ2) is 5.08. The number of ether oxygens (including phenoxy) is 1. The largest absolute Gasteiger partial charge is 0.573 e. The minimum atomic E-state index is -4.77. The van der Waals surface area contributed by atoms with E-state index in [4.69, 9.17) is 5.73 Å². The van der Waals surface area contributed by atoms with Gasteiger partial charge in [-0.25, -0.2) is 0 Å². The highest BCUT2D eigenvalue weighted by Crippen LogP contribution is 2.24. The Morgan fingerprint density at radius 3 is 2.74 bits per heavy atom. The van der Waals surface area contributed by atoms with Gasteiger partial charge in [-0.2, -0.15) is 0 Å². The van der Waals surface area contributed by atoms with Crippen LogP contribution in [0.5, 0.6) is 5.75 Å². The van der Waals surface area contributed by atoms with Crippen molar-refractivity contribution < 1.29 is 22.7 Å². The van der Waals surface area contributed by atoms with E-state index in [1.807, 2.05) is 0 Å². The number of benzene rings is 1. The molecule has 0 aromatic heterocycles. The fourth-order valence-electron chi connectivity index (χ4n) is 1.98. The molecule has 4 nitrogen and oxygen atoms in total. The minimum Gasteiger partial charge on any atom is -0.406 e. The third-order valence-corrected chi connectivity index (χ3v) is 2.83. The number of likely N-dealkylation sites (tertiary alicyclic amines) is 1. The SMILES string of the molecule is NC1CCN(C(=O)c2cccc(OC(F)(F)F)c2)C1. The predicted octanol–water partition coefficient (Wildman–Crippen LogP) is 1.76. The predicted molar refractivity (Wildman–Crippen MR) is 61.6 cm³/mol. The summed E-state index contributed by atoms with van der Waals surface area (Å²) in [5.74, 6) is -0.734. The Morgan fingerprint density at radius 1 is 1.42 bits per heavy atom. The molecular formula is C12H13F3N2O2. The van der Waals surface area contributed by atoms with E-state index >= 15 is 0 Å². The first-order valence-electron chi connectivity index (χ1n) is 5.76. The molecule has 0 bridgehead atoms. The van der Waals surface area contributed by atoms with E-state index in [1.54, 1.807) is 0 Å². The van der Waals surface area contributed by atoms with Crippen LogP contribution in [-0.2, 0) is 0 Å². The molecule has 1 heterocycles. The smallest absolute Gasteiger partial charge is 0.406 e. The topological polar surface area (TPSA) is 55.6 Å². The molecule has 1 saturated heterocycles. The van der Waals surface area contributed by atoms with E-state index in [0.717, 1.165) is 12.1 Å². The molecule has 1 unspecified atom stereocenters. The number of carbonyl (C=O) groups is 1. The molecule has 2 N–H and O–H groups in total. The van der Waals surface area contributed by atoms with Crippen molar-refractivity contribution in [2.24, 2.45) is 5.73 Å². The molecule has 0 radical (unpaired) electrons. The van der Waals surface area contributed by atoms with Crippen molar-refractivity contribution in [3.05, 3.63) is 29.8 Å².